The first kappa shape index (κ1) is 19.6. The standard InChI is InChI=1S/C20H23N3O2S2/c1-4-13(5-2)21-18-16-12(3)17(20(24)25)27-19(16)23-15(22-18)11-26-14-9-7-6-8-10-14/h6-10,13H,4-5,11H2,1-3H3,(H,24,25)(H,21,22,23). The number of thioether (sulfide) groups is 1. The fourth-order valence-electron chi connectivity index (χ4n) is 2.91. The number of rotatable bonds is 8. The second-order valence-electron chi connectivity index (χ2n) is 6.29. The van der Waals surface area contributed by atoms with E-state index < -0.39 is 5.97 Å². The van der Waals surface area contributed by atoms with Gasteiger partial charge >= 0.3 is 5.97 Å². The quantitative estimate of drug-likeness (QED) is 0.479. The summed E-state index contributed by atoms with van der Waals surface area (Å²) in [4.78, 5) is 23.2. The Balaban J connectivity index is 2.00. The molecule has 0 radical (unpaired) electrons. The maximum atomic E-state index is 11.6. The second kappa shape index (κ2) is 8.71. The average Bonchev–Trinajstić information content (AvgIpc) is 3.02. The monoisotopic (exact) mass is 401 g/mol. The largest absolute Gasteiger partial charge is 0.477 e. The van der Waals surface area contributed by atoms with Crippen LogP contribution in [0.15, 0.2) is 35.2 Å². The zero-order valence-corrected chi connectivity index (χ0v) is 17.3. The Morgan fingerprint density at radius 1 is 1.22 bits per heavy atom. The van der Waals surface area contributed by atoms with E-state index >= 15 is 0 Å². The summed E-state index contributed by atoms with van der Waals surface area (Å²) in [6, 6.07) is 10.4. The van der Waals surface area contributed by atoms with Crippen LogP contribution in [0.4, 0.5) is 5.82 Å². The van der Waals surface area contributed by atoms with Crippen molar-refractivity contribution in [2.75, 3.05) is 5.32 Å². The van der Waals surface area contributed by atoms with E-state index in [4.69, 9.17) is 4.98 Å². The van der Waals surface area contributed by atoms with Crippen LogP contribution in [-0.2, 0) is 5.75 Å². The number of nitrogens with zero attached hydrogens (tertiary/aromatic N) is 2. The highest BCUT2D eigenvalue weighted by atomic mass is 32.2. The van der Waals surface area contributed by atoms with Gasteiger partial charge in [0.05, 0.1) is 11.1 Å². The van der Waals surface area contributed by atoms with Gasteiger partial charge in [-0.2, -0.15) is 0 Å². The minimum Gasteiger partial charge on any atom is -0.477 e. The SMILES string of the molecule is CCC(CC)Nc1nc(CSc2ccccc2)nc2sc(C(=O)O)c(C)c12. The maximum Gasteiger partial charge on any atom is 0.346 e. The molecule has 0 saturated carbocycles. The lowest BCUT2D eigenvalue weighted by molar-refractivity contribution is 0.0701. The van der Waals surface area contributed by atoms with Crippen LogP contribution in [0.2, 0.25) is 0 Å². The Kier molecular flexibility index (Phi) is 6.34. The topological polar surface area (TPSA) is 75.1 Å². The molecule has 2 N–H and O–H groups in total. The highest BCUT2D eigenvalue weighted by Crippen LogP contribution is 2.35. The van der Waals surface area contributed by atoms with Crippen molar-refractivity contribution in [3.8, 4) is 0 Å². The number of nitrogens with one attached hydrogen (secondary N) is 1. The van der Waals surface area contributed by atoms with Crippen LogP contribution in [0.1, 0.15) is 47.7 Å². The Labute approximate surface area is 167 Å². The van der Waals surface area contributed by atoms with Crippen LogP contribution >= 0.6 is 23.1 Å². The third kappa shape index (κ3) is 4.42. The molecule has 0 saturated heterocycles. The highest BCUT2D eigenvalue weighted by Gasteiger charge is 2.21. The van der Waals surface area contributed by atoms with E-state index in [0.29, 0.717) is 22.5 Å². The number of carboxylic acid groups (broad SMARTS) is 1. The highest BCUT2D eigenvalue weighted by molar-refractivity contribution is 7.98. The maximum absolute atomic E-state index is 11.6. The van der Waals surface area contributed by atoms with Gasteiger partial charge in [0.25, 0.3) is 0 Å². The van der Waals surface area contributed by atoms with Gasteiger partial charge in [-0.25, -0.2) is 14.8 Å². The van der Waals surface area contributed by atoms with Gasteiger partial charge < -0.3 is 10.4 Å². The first-order valence-corrected chi connectivity index (χ1v) is 10.8. The zero-order valence-electron chi connectivity index (χ0n) is 15.7. The molecule has 2 heterocycles. The number of anilines is 1. The number of thiophene rings is 1. The molecule has 3 rings (SSSR count). The first-order valence-electron chi connectivity index (χ1n) is 9.01. The molecule has 1 aromatic carbocycles. The van der Waals surface area contributed by atoms with E-state index in [-0.39, 0.29) is 0 Å². The van der Waals surface area contributed by atoms with Gasteiger partial charge in [0.1, 0.15) is 21.3 Å². The molecular weight excluding hydrogens is 378 g/mol. The summed E-state index contributed by atoms with van der Waals surface area (Å²) in [5, 5.41) is 13.8. The van der Waals surface area contributed by atoms with Crippen molar-refractivity contribution in [2.24, 2.45) is 0 Å². The molecule has 3 aromatic rings. The van der Waals surface area contributed by atoms with Crippen molar-refractivity contribution in [2.45, 2.75) is 50.3 Å². The van der Waals surface area contributed by atoms with E-state index in [1.165, 1.54) is 11.3 Å². The Morgan fingerprint density at radius 2 is 1.93 bits per heavy atom. The molecule has 0 fully saturated rings. The summed E-state index contributed by atoms with van der Waals surface area (Å²) in [6.07, 6.45) is 1.95. The Hall–Kier alpha value is -2.12. The van der Waals surface area contributed by atoms with Crippen molar-refractivity contribution >= 4 is 45.1 Å². The number of hydrogen-bond donors (Lipinski definition) is 2. The van der Waals surface area contributed by atoms with Gasteiger partial charge in [-0.05, 0) is 37.5 Å². The van der Waals surface area contributed by atoms with Crippen molar-refractivity contribution < 1.29 is 9.90 Å². The van der Waals surface area contributed by atoms with Crippen molar-refractivity contribution in [1.29, 1.82) is 0 Å². The lowest BCUT2D eigenvalue weighted by atomic mass is 10.1. The summed E-state index contributed by atoms with van der Waals surface area (Å²) in [5.74, 6) is 1.18. The van der Waals surface area contributed by atoms with Crippen molar-refractivity contribution in [1.82, 2.24) is 9.97 Å². The van der Waals surface area contributed by atoms with E-state index in [1.54, 1.807) is 11.8 Å². The predicted octanol–water partition coefficient (Wildman–Crippen LogP) is 5.59. The van der Waals surface area contributed by atoms with Gasteiger partial charge in [-0.15, -0.1) is 23.1 Å². The molecule has 0 aliphatic rings. The summed E-state index contributed by atoms with van der Waals surface area (Å²) >= 11 is 2.90. The summed E-state index contributed by atoms with van der Waals surface area (Å²) in [6.45, 7) is 6.10. The molecule has 0 atom stereocenters. The summed E-state index contributed by atoms with van der Waals surface area (Å²) in [5.41, 5.74) is 0.734. The molecule has 0 spiro atoms. The van der Waals surface area contributed by atoms with Gasteiger partial charge in [0.15, 0.2) is 0 Å². The first-order chi connectivity index (χ1) is 13.0. The second-order valence-corrected chi connectivity index (χ2v) is 8.34. The molecule has 0 unspecified atom stereocenters. The molecule has 7 heteroatoms. The van der Waals surface area contributed by atoms with Gasteiger partial charge in [-0.3, -0.25) is 0 Å². The normalized spacial score (nSPS) is 11.3. The van der Waals surface area contributed by atoms with Gasteiger partial charge in [0.2, 0.25) is 0 Å². The molecular formula is C20H23N3O2S2. The third-order valence-corrected chi connectivity index (χ3v) is 6.65. The fourth-order valence-corrected chi connectivity index (χ4v) is 4.72. The van der Waals surface area contributed by atoms with Gasteiger partial charge in [-0.1, -0.05) is 32.0 Å². The van der Waals surface area contributed by atoms with Crippen LogP contribution in [0.3, 0.4) is 0 Å². The van der Waals surface area contributed by atoms with E-state index in [0.717, 1.165) is 39.3 Å². The number of carbonyl (C=O) groups is 1. The van der Waals surface area contributed by atoms with Crippen LogP contribution in [0.5, 0.6) is 0 Å². The summed E-state index contributed by atoms with van der Waals surface area (Å²) < 4.78 is 0. The molecule has 142 valence electrons. The number of aryl methyl sites for hydroxylation is 1. The lowest BCUT2D eigenvalue weighted by Gasteiger charge is -2.17. The van der Waals surface area contributed by atoms with Crippen LogP contribution in [-0.4, -0.2) is 27.1 Å². The third-order valence-electron chi connectivity index (χ3n) is 4.47. The van der Waals surface area contributed by atoms with Crippen LogP contribution in [0.25, 0.3) is 10.2 Å². The smallest absolute Gasteiger partial charge is 0.346 e. The van der Waals surface area contributed by atoms with Crippen LogP contribution in [0, 0.1) is 6.92 Å². The molecule has 2 aromatic heterocycles. The summed E-state index contributed by atoms with van der Waals surface area (Å²) in [7, 11) is 0. The average molecular weight is 402 g/mol. The molecule has 5 nitrogen and oxygen atoms in total. The molecule has 0 amide bonds. The number of aromatic nitrogens is 2. The predicted molar refractivity (Wildman–Crippen MR) is 113 cm³/mol. The Bertz CT molecular complexity index is 937. The zero-order chi connectivity index (χ0) is 19.4. The van der Waals surface area contributed by atoms with E-state index in [9.17, 15) is 9.90 Å². The van der Waals surface area contributed by atoms with Crippen molar-refractivity contribution in [3.63, 3.8) is 0 Å². The number of carboxylic acids is 1. The minimum atomic E-state index is -0.913. The number of fused-ring (bicyclic) bond motifs is 1. The van der Waals surface area contributed by atoms with E-state index in [1.807, 2.05) is 25.1 Å². The number of aromatic carboxylic acids is 1. The molecule has 27 heavy (non-hydrogen) atoms. The molecule has 0 aliphatic carbocycles. The van der Waals surface area contributed by atoms with E-state index in [2.05, 4.69) is 36.3 Å². The molecule has 0 aliphatic heterocycles. The van der Waals surface area contributed by atoms with Crippen molar-refractivity contribution in [3.05, 3.63) is 46.6 Å². The minimum absolute atomic E-state index is 0.297. The molecule has 0 bridgehead atoms. The number of hydrogen-bond acceptors (Lipinski definition) is 6. The fraction of sp³-hybridized carbons (Fsp3) is 0.350. The van der Waals surface area contributed by atoms with Gasteiger partial charge in [0, 0.05) is 10.9 Å². The number of benzene rings is 1. The van der Waals surface area contributed by atoms with Crippen LogP contribution < -0.4 is 5.32 Å². The Morgan fingerprint density at radius 3 is 2.56 bits per heavy atom. The lowest BCUT2D eigenvalue weighted by Crippen LogP contribution is -2.18.